The third-order valence-corrected chi connectivity index (χ3v) is 7.03. The van der Waals surface area contributed by atoms with Crippen LogP contribution in [0.3, 0.4) is 0 Å². The first kappa shape index (κ1) is 26.5. The van der Waals surface area contributed by atoms with E-state index in [2.05, 4.69) is 25.4 Å². The molecule has 1 aromatic carbocycles. The zero-order valence-corrected chi connectivity index (χ0v) is 21.5. The number of aromatic nitrogens is 4. The molecule has 1 aliphatic rings. The van der Waals surface area contributed by atoms with Crippen molar-refractivity contribution in [3.05, 3.63) is 36.7 Å². The first-order chi connectivity index (χ1) is 17.7. The Morgan fingerprint density at radius 1 is 1.35 bits per heavy atom. The van der Waals surface area contributed by atoms with Gasteiger partial charge < -0.3 is 30.5 Å². The second-order valence-corrected chi connectivity index (χ2v) is 9.84. The fourth-order valence-electron chi connectivity index (χ4n) is 3.72. The molecule has 3 aromatic rings. The number of ether oxygens (including phenoxy) is 2. The van der Waals surface area contributed by atoms with Crippen LogP contribution in [0.1, 0.15) is 26.5 Å². The highest BCUT2D eigenvalue weighted by molar-refractivity contribution is 7.52. The van der Waals surface area contributed by atoms with E-state index in [0.29, 0.717) is 17.0 Å². The fraction of sp³-hybridized carbons (Fsp3) is 0.409. The van der Waals surface area contributed by atoms with Crippen LogP contribution >= 0.6 is 7.75 Å². The maximum Gasteiger partial charge on any atom is 0.459 e. The number of esters is 1. The highest BCUT2D eigenvalue weighted by Crippen LogP contribution is 2.45. The number of carbonyl (C=O) groups is 1. The molecule has 14 nitrogen and oxygen atoms in total. The van der Waals surface area contributed by atoms with Gasteiger partial charge in [0.1, 0.15) is 11.8 Å². The van der Waals surface area contributed by atoms with Crippen LogP contribution in [0.15, 0.2) is 36.7 Å². The Labute approximate surface area is 213 Å². The smallest absolute Gasteiger partial charge is 0.459 e. The molecule has 0 unspecified atom stereocenters. The van der Waals surface area contributed by atoms with E-state index in [1.807, 2.05) is 0 Å². The van der Waals surface area contributed by atoms with Crippen LogP contribution in [0.5, 0.6) is 5.75 Å². The lowest BCUT2D eigenvalue weighted by atomic mass is 10.2. The van der Waals surface area contributed by atoms with Crippen molar-refractivity contribution in [1.29, 1.82) is 5.41 Å². The Balaban J connectivity index is 1.49. The van der Waals surface area contributed by atoms with E-state index in [1.54, 1.807) is 48.9 Å². The lowest BCUT2D eigenvalue weighted by Crippen LogP contribution is -2.35. The number of nitrogens with zero attached hydrogens (tertiary/aromatic N) is 4. The Kier molecular flexibility index (Phi) is 8.03. The monoisotopic (exact) mass is 532 g/mol. The highest BCUT2D eigenvalue weighted by Gasteiger charge is 2.38. The van der Waals surface area contributed by atoms with E-state index < -0.39 is 32.1 Å². The first-order valence-corrected chi connectivity index (χ1v) is 13.1. The zero-order chi connectivity index (χ0) is 26.6. The summed E-state index contributed by atoms with van der Waals surface area (Å²) >= 11 is 0. The van der Waals surface area contributed by atoms with Crippen molar-refractivity contribution in [2.24, 2.45) is 0 Å². The molecule has 4 atom stereocenters. The van der Waals surface area contributed by atoms with Crippen LogP contribution in [-0.2, 0) is 23.4 Å². The molecule has 4 rings (SSSR count). The molecule has 1 saturated heterocycles. The summed E-state index contributed by atoms with van der Waals surface area (Å²) < 4.78 is 37.5. The summed E-state index contributed by atoms with van der Waals surface area (Å²) in [6.07, 6.45) is 0.236. The number of carbonyl (C=O) groups excluding carboxylic acids is 1. The maximum absolute atomic E-state index is 13.6. The van der Waals surface area contributed by atoms with Crippen molar-refractivity contribution in [2.45, 2.75) is 38.6 Å². The molecule has 0 radical (unpaired) electrons. The Morgan fingerprint density at radius 3 is 2.81 bits per heavy atom. The first-order valence-electron chi connectivity index (χ1n) is 11.6. The van der Waals surface area contributed by atoms with Gasteiger partial charge >= 0.3 is 13.7 Å². The molecule has 37 heavy (non-hydrogen) atoms. The van der Waals surface area contributed by atoms with Gasteiger partial charge in [0, 0.05) is 13.5 Å². The average molecular weight is 532 g/mol. The number of imidazole rings is 1. The average Bonchev–Trinajstić information content (AvgIpc) is 3.45. The largest absolute Gasteiger partial charge is 0.465 e. The summed E-state index contributed by atoms with van der Waals surface area (Å²) in [6.45, 7) is 3.16. The number of anilines is 2. The van der Waals surface area contributed by atoms with E-state index in [1.165, 1.54) is 13.3 Å². The van der Waals surface area contributed by atoms with Gasteiger partial charge in [-0.2, -0.15) is 15.1 Å². The summed E-state index contributed by atoms with van der Waals surface area (Å²) in [5.41, 5.74) is 6.94. The molecule has 2 aromatic heterocycles. The van der Waals surface area contributed by atoms with Crippen molar-refractivity contribution in [3.63, 3.8) is 0 Å². The summed E-state index contributed by atoms with van der Waals surface area (Å²) in [7, 11) is -2.36. The summed E-state index contributed by atoms with van der Waals surface area (Å²) in [6, 6.07) is 7.47. The van der Waals surface area contributed by atoms with E-state index in [-0.39, 0.29) is 37.0 Å². The number of nitrogens with one attached hydrogen (secondary N) is 3. The van der Waals surface area contributed by atoms with Gasteiger partial charge in [0.25, 0.3) is 0 Å². The molecular formula is C22H29N8O6P. The van der Waals surface area contributed by atoms with Gasteiger partial charge in [-0.25, -0.2) is 9.55 Å². The highest BCUT2D eigenvalue weighted by atomic mass is 31.2. The number of fused-ring (bicyclic) bond motifs is 1. The molecule has 1 fully saturated rings. The summed E-state index contributed by atoms with van der Waals surface area (Å²) in [4.78, 5) is 24.8. The van der Waals surface area contributed by atoms with Crippen molar-refractivity contribution < 1.29 is 27.9 Å². The Hall–Kier alpha value is -3.58. The Morgan fingerprint density at radius 2 is 2.11 bits per heavy atom. The normalized spacial score (nSPS) is 19.9. The minimum Gasteiger partial charge on any atom is -0.465 e. The summed E-state index contributed by atoms with van der Waals surface area (Å²) in [5.74, 6) is 0.182. The van der Waals surface area contributed by atoms with Crippen LogP contribution in [0.4, 0.5) is 11.8 Å². The van der Waals surface area contributed by atoms with Gasteiger partial charge in [-0.3, -0.25) is 13.9 Å². The SMILES string of the molecule is CCOC(=O)[C@@H](C)N[P@](=O)(OC[C@@H]1CC(=N)[C@H](n2cnc3c(NC)nc(N)nc32)O1)Oc1ccccc1. The molecule has 0 amide bonds. The molecule has 0 saturated carbocycles. The number of nitrogen functional groups attached to an aromatic ring is 1. The topological polar surface area (TPSA) is 189 Å². The van der Waals surface area contributed by atoms with Crippen LogP contribution < -0.4 is 20.7 Å². The third kappa shape index (κ3) is 6.05. The molecule has 1 aliphatic heterocycles. The number of rotatable bonds is 11. The molecule has 0 aliphatic carbocycles. The van der Waals surface area contributed by atoms with Crippen molar-refractivity contribution in [2.75, 3.05) is 31.3 Å². The van der Waals surface area contributed by atoms with Crippen molar-refractivity contribution in [1.82, 2.24) is 24.6 Å². The van der Waals surface area contributed by atoms with E-state index in [0.717, 1.165) is 0 Å². The van der Waals surface area contributed by atoms with Crippen molar-refractivity contribution in [3.8, 4) is 5.75 Å². The van der Waals surface area contributed by atoms with Crippen LogP contribution in [0.2, 0.25) is 0 Å². The van der Waals surface area contributed by atoms with Gasteiger partial charge in [-0.1, -0.05) is 18.2 Å². The Bertz CT molecular complexity index is 1320. The molecule has 198 valence electrons. The number of para-hydroxylation sites is 1. The maximum atomic E-state index is 13.6. The standard InChI is InChI=1S/C22H29N8O6P/c1-4-33-21(31)13(2)29-37(32,36-14-8-6-5-7-9-14)34-11-15-10-16(23)20(35-15)30-12-26-17-18(25-3)27-22(24)28-19(17)30/h5-9,12-13,15,20,23H,4,10-11H2,1-3H3,(H,29,32)(H3,24,25,27,28)/t13-,15+,20-,37+/m1/s1. The quantitative estimate of drug-likeness (QED) is 0.209. The van der Waals surface area contributed by atoms with Crippen LogP contribution in [0, 0.1) is 5.41 Å². The van der Waals surface area contributed by atoms with Gasteiger partial charge in [-0.15, -0.1) is 0 Å². The van der Waals surface area contributed by atoms with Crippen LogP contribution in [0.25, 0.3) is 11.2 Å². The van der Waals surface area contributed by atoms with E-state index in [4.69, 9.17) is 29.7 Å². The number of hydrogen-bond acceptors (Lipinski definition) is 12. The molecule has 0 bridgehead atoms. The molecule has 3 heterocycles. The number of hydrogen-bond donors (Lipinski definition) is 4. The summed E-state index contributed by atoms with van der Waals surface area (Å²) in [5, 5.41) is 14.0. The number of nitrogens with two attached hydrogens (primary N) is 1. The van der Waals surface area contributed by atoms with Gasteiger partial charge in [-0.05, 0) is 26.0 Å². The molecule has 5 N–H and O–H groups in total. The minimum atomic E-state index is -4.05. The van der Waals surface area contributed by atoms with Gasteiger partial charge in [0.15, 0.2) is 23.2 Å². The van der Waals surface area contributed by atoms with E-state index in [9.17, 15) is 9.36 Å². The second kappa shape index (κ2) is 11.2. The second-order valence-electron chi connectivity index (χ2n) is 8.14. The van der Waals surface area contributed by atoms with Crippen LogP contribution in [-0.4, -0.2) is 63.6 Å². The third-order valence-electron chi connectivity index (χ3n) is 5.39. The fourth-order valence-corrected chi connectivity index (χ4v) is 5.24. The van der Waals surface area contributed by atoms with Crippen molar-refractivity contribution >= 4 is 42.4 Å². The predicted molar refractivity (Wildman–Crippen MR) is 135 cm³/mol. The molecule has 15 heteroatoms. The lowest BCUT2D eigenvalue weighted by Gasteiger charge is -2.24. The zero-order valence-electron chi connectivity index (χ0n) is 20.6. The van der Waals surface area contributed by atoms with Gasteiger partial charge in [0.05, 0.1) is 31.4 Å². The lowest BCUT2D eigenvalue weighted by molar-refractivity contribution is -0.144. The number of benzene rings is 1. The molecular weight excluding hydrogens is 503 g/mol. The minimum absolute atomic E-state index is 0.0452. The van der Waals surface area contributed by atoms with E-state index >= 15 is 0 Å². The predicted octanol–water partition coefficient (Wildman–Crippen LogP) is 2.50. The molecule has 0 spiro atoms. The van der Waals surface area contributed by atoms with Gasteiger partial charge in [0.2, 0.25) is 5.95 Å².